The van der Waals surface area contributed by atoms with Crippen molar-refractivity contribution in [3.63, 3.8) is 0 Å². The fourth-order valence-electron chi connectivity index (χ4n) is 3.49. The zero-order valence-electron chi connectivity index (χ0n) is 17.0. The third-order valence-corrected chi connectivity index (χ3v) is 5.53. The molecule has 0 aromatic heterocycles. The Morgan fingerprint density at radius 1 is 0.750 bits per heavy atom. The Kier molecular flexibility index (Phi) is 15.6. The van der Waals surface area contributed by atoms with E-state index in [2.05, 4.69) is 27.7 Å². The molecule has 0 spiro atoms. The first-order chi connectivity index (χ1) is 11.5. The van der Waals surface area contributed by atoms with E-state index in [0.717, 1.165) is 25.2 Å². The molecule has 24 heavy (non-hydrogen) atoms. The van der Waals surface area contributed by atoms with Gasteiger partial charge in [-0.25, -0.2) is 0 Å². The molecule has 2 heteroatoms. The van der Waals surface area contributed by atoms with Gasteiger partial charge in [0.1, 0.15) is 0 Å². The topological polar surface area (TPSA) is 37.3 Å². The SMILES string of the molecule is CCCCCCCCCCC(CC(C)CCCC(C)CC)C(=O)O. The number of unbranched alkanes of at least 4 members (excludes halogenated alkanes) is 7. The van der Waals surface area contributed by atoms with Crippen molar-refractivity contribution in [2.75, 3.05) is 0 Å². The normalized spacial score (nSPS) is 15.2. The molecule has 144 valence electrons. The standard InChI is InChI=1S/C22H44O2/c1-5-7-8-9-10-11-12-13-17-21(22(23)24)18-20(4)16-14-15-19(3)6-2/h19-21H,5-18H2,1-4H3,(H,23,24). The molecule has 0 heterocycles. The second-order valence-electron chi connectivity index (χ2n) is 8.08. The van der Waals surface area contributed by atoms with E-state index in [1.807, 2.05) is 0 Å². The molecule has 0 aliphatic heterocycles. The molecule has 0 aromatic rings. The fraction of sp³-hybridized carbons (Fsp3) is 0.955. The first-order valence-electron chi connectivity index (χ1n) is 10.7. The van der Waals surface area contributed by atoms with Gasteiger partial charge in [0.2, 0.25) is 0 Å². The third kappa shape index (κ3) is 13.9. The molecule has 2 nitrogen and oxygen atoms in total. The van der Waals surface area contributed by atoms with Crippen molar-refractivity contribution in [2.24, 2.45) is 17.8 Å². The molecular formula is C22H44O2. The van der Waals surface area contributed by atoms with Crippen molar-refractivity contribution in [3.8, 4) is 0 Å². The first-order valence-corrected chi connectivity index (χ1v) is 10.7. The van der Waals surface area contributed by atoms with Gasteiger partial charge in [-0.15, -0.1) is 0 Å². The summed E-state index contributed by atoms with van der Waals surface area (Å²) in [5.74, 6) is 0.657. The second kappa shape index (κ2) is 16.0. The number of aliphatic carboxylic acids is 1. The Labute approximate surface area is 151 Å². The highest BCUT2D eigenvalue weighted by molar-refractivity contribution is 5.69. The lowest BCUT2D eigenvalue weighted by atomic mass is 9.87. The molecule has 0 aliphatic carbocycles. The summed E-state index contributed by atoms with van der Waals surface area (Å²) in [6, 6.07) is 0. The molecular weight excluding hydrogens is 296 g/mol. The summed E-state index contributed by atoms with van der Waals surface area (Å²) in [5.41, 5.74) is 0. The highest BCUT2D eigenvalue weighted by Crippen LogP contribution is 2.24. The summed E-state index contributed by atoms with van der Waals surface area (Å²) in [4.78, 5) is 11.5. The number of carboxylic acid groups (broad SMARTS) is 1. The van der Waals surface area contributed by atoms with Crippen molar-refractivity contribution in [2.45, 2.75) is 118 Å². The number of rotatable bonds is 17. The van der Waals surface area contributed by atoms with Crippen LogP contribution in [0.1, 0.15) is 118 Å². The minimum Gasteiger partial charge on any atom is -0.481 e. The maximum absolute atomic E-state index is 11.5. The van der Waals surface area contributed by atoms with Gasteiger partial charge in [-0.3, -0.25) is 4.79 Å². The monoisotopic (exact) mass is 340 g/mol. The van der Waals surface area contributed by atoms with Crippen molar-refractivity contribution in [3.05, 3.63) is 0 Å². The van der Waals surface area contributed by atoms with E-state index in [-0.39, 0.29) is 5.92 Å². The highest BCUT2D eigenvalue weighted by Gasteiger charge is 2.20. The summed E-state index contributed by atoms with van der Waals surface area (Å²) in [5, 5.41) is 9.47. The molecule has 0 aromatic carbocycles. The minimum absolute atomic E-state index is 0.122. The Morgan fingerprint density at radius 2 is 1.29 bits per heavy atom. The van der Waals surface area contributed by atoms with E-state index < -0.39 is 5.97 Å². The van der Waals surface area contributed by atoms with E-state index in [9.17, 15) is 9.90 Å². The predicted octanol–water partition coefficient (Wildman–Crippen LogP) is 7.46. The lowest BCUT2D eigenvalue weighted by Crippen LogP contribution is -2.17. The Bertz CT molecular complexity index is 288. The molecule has 0 amide bonds. The zero-order chi connectivity index (χ0) is 18.2. The Balaban J connectivity index is 3.78. The van der Waals surface area contributed by atoms with E-state index in [1.54, 1.807) is 0 Å². The van der Waals surface area contributed by atoms with Gasteiger partial charge < -0.3 is 5.11 Å². The molecule has 3 atom stereocenters. The zero-order valence-corrected chi connectivity index (χ0v) is 17.0. The van der Waals surface area contributed by atoms with Crippen LogP contribution in [0.15, 0.2) is 0 Å². The molecule has 0 fully saturated rings. The Hall–Kier alpha value is -0.530. The van der Waals surface area contributed by atoms with Crippen LogP contribution in [0.3, 0.4) is 0 Å². The molecule has 1 N–H and O–H groups in total. The lowest BCUT2D eigenvalue weighted by molar-refractivity contribution is -0.142. The molecule has 0 radical (unpaired) electrons. The van der Waals surface area contributed by atoms with Crippen LogP contribution in [0.4, 0.5) is 0 Å². The van der Waals surface area contributed by atoms with Crippen LogP contribution in [0.2, 0.25) is 0 Å². The van der Waals surface area contributed by atoms with E-state index in [0.29, 0.717) is 5.92 Å². The van der Waals surface area contributed by atoms with Gasteiger partial charge >= 0.3 is 5.97 Å². The summed E-state index contributed by atoms with van der Waals surface area (Å²) >= 11 is 0. The maximum Gasteiger partial charge on any atom is 0.306 e. The molecule has 0 aliphatic rings. The van der Waals surface area contributed by atoms with Gasteiger partial charge in [-0.05, 0) is 24.7 Å². The molecule has 3 unspecified atom stereocenters. The van der Waals surface area contributed by atoms with Crippen molar-refractivity contribution >= 4 is 5.97 Å². The lowest BCUT2D eigenvalue weighted by Gasteiger charge is -2.18. The van der Waals surface area contributed by atoms with E-state index >= 15 is 0 Å². The number of hydrogen-bond acceptors (Lipinski definition) is 1. The number of hydrogen-bond donors (Lipinski definition) is 1. The van der Waals surface area contributed by atoms with Crippen LogP contribution in [0.25, 0.3) is 0 Å². The quantitative estimate of drug-likeness (QED) is 0.279. The molecule has 0 rings (SSSR count). The largest absolute Gasteiger partial charge is 0.481 e. The van der Waals surface area contributed by atoms with Gasteiger partial charge in [0.05, 0.1) is 5.92 Å². The van der Waals surface area contributed by atoms with Crippen molar-refractivity contribution in [1.29, 1.82) is 0 Å². The van der Waals surface area contributed by atoms with Crippen LogP contribution in [-0.2, 0) is 4.79 Å². The Morgan fingerprint density at radius 3 is 1.83 bits per heavy atom. The van der Waals surface area contributed by atoms with Crippen LogP contribution >= 0.6 is 0 Å². The maximum atomic E-state index is 11.5. The number of carbonyl (C=O) groups is 1. The average molecular weight is 341 g/mol. The summed E-state index contributed by atoms with van der Waals surface area (Å²) < 4.78 is 0. The summed E-state index contributed by atoms with van der Waals surface area (Å²) in [7, 11) is 0. The first kappa shape index (κ1) is 23.5. The third-order valence-electron chi connectivity index (χ3n) is 5.53. The van der Waals surface area contributed by atoms with Gasteiger partial charge in [-0.2, -0.15) is 0 Å². The van der Waals surface area contributed by atoms with E-state index in [1.165, 1.54) is 70.6 Å². The van der Waals surface area contributed by atoms with Crippen LogP contribution < -0.4 is 0 Å². The van der Waals surface area contributed by atoms with Gasteiger partial charge in [0, 0.05) is 0 Å². The minimum atomic E-state index is -0.577. The van der Waals surface area contributed by atoms with Gasteiger partial charge in [-0.1, -0.05) is 105 Å². The van der Waals surface area contributed by atoms with Crippen LogP contribution in [0, 0.1) is 17.8 Å². The second-order valence-corrected chi connectivity index (χ2v) is 8.08. The van der Waals surface area contributed by atoms with Gasteiger partial charge in [0.25, 0.3) is 0 Å². The van der Waals surface area contributed by atoms with E-state index in [4.69, 9.17) is 0 Å². The highest BCUT2D eigenvalue weighted by atomic mass is 16.4. The van der Waals surface area contributed by atoms with Gasteiger partial charge in [0.15, 0.2) is 0 Å². The molecule has 0 saturated carbocycles. The molecule has 0 saturated heterocycles. The van der Waals surface area contributed by atoms with Crippen molar-refractivity contribution in [1.82, 2.24) is 0 Å². The molecule has 0 bridgehead atoms. The fourth-order valence-corrected chi connectivity index (χ4v) is 3.49. The van der Waals surface area contributed by atoms with Crippen LogP contribution in [0.5, 0.6) is 0 Å². The summed E-state index contributed by atoms with van der Waals surface area (Å²) in [6.45, 7) is 9.04. The average Bonchev–Trinajstić information content (AvgIpc) is 2.55. The van der Waals surface area contributed by atoms with Crippen LogP contribution in [-0.4, -0.2) is 11.1 Å². The number of carboxylic acids is 1. The van der Waals surface area contributed by atoms with Crippen molar-refractivity contribution < 1.29 is 9.90 Å². The smallest absolute Gasteiger partial charge is 0.306 e. The summed E-state index contributed by atoms with van der Waals surface area (Å²) in [6.07, 6.45) is 17.0. The predicted molar refractivity (Wildman–Crippen MR) is 105 cm³/mol.